The Morgan fingerprint density at radius 1 is 1.00 bits per heavy atom. The number of benzene rings is 3. The Hall–Kier alpha value is -4.30. The Morgan fingerprint density at radius 2 is 1.69 bits per heavy atom. The number of nitrogens with zero attached hydrogens (tertiary/aromatic N) is 3. The zero-order valence-electron chi connectivity index (χ0n) is 19.5. The maximum atomic E-state index is 15.0. The molecule has 1 saturated heterocycles. The van der Waals surface area contributed by atoms with Gasteiger partial charge in [-0.05, 0) is 35.4 Å². The number of piperazine rings is 1. The van der Waals surface area contributed by atoms with Gasteiger partial charge < -0.3 is 10.4 Å². The van der Waals surface area contributed by atoms with Gasteiger partial charge in [-0.25, -0.2) is 9.07 Å². The first-order valence-electron chi connectivity index (χ1n) is 11.7. The van der Waals surface area contributed by atoms with Gasteiger partial charge in [0.1, 0.15) is 11.9 Å². The molecule has 1 atom stereocenters. The zero-order valence-corrected chi connectivity index (χ0v) is 19.5. The molecule has 0 aliphatic carbocycles. The quantitative estimate of drug-likeness (QED) is 0.412. The predicted molar refractivity (Wildman–Crippen MR) is 134 cm³/mol. The van der Waals surface area contributed by atoms with Crippen molar-refractivity contribution in [3.63, 3.8) is 0 Å². The first kappa shape index (κ1) is 23.4. The molecular formula is C28H25FN4O3. The van der Waals surface area contributed by atoms with Crippen LogP contribution in [0.4, 0.5) is 4.39 Å². The van der Waals surface area contributed by atoms with Crippen LogP contribution in [0.5, 0.6) is 0 Å². The molecule has 1 amide bonds. The van der Waals surface area contributed by atoms with Crippen LogP contribution in [-0.2, 0) is 16.1 Å². The minimum Gasteiger partial charge on any atom is -0.481 e. The summed E-state index contributed by atoms with van der Waals surface area (Å²) in [7, 11) is 0. The Kier molecular flexibility index (Phi) is 6.60. The molecule has 1 unspecified atom stereocenters. The summed E-state index contributed by atoms with van der Waals surface area (Å²) in [6, 6.07) is 23.6. The fraction of sp³-hybridized carbons (Fsp3) is 0.179. The molecule has 36 heavy (non-hydrogen) atoms. The molecule has 1 aliphatic heterocycles. The van der Waals surface area contributed by atoms with Crippen LogP contribution >= 0.6 is 0 Å². The smallest absolute Gasteiger partial charge is 0.305 e. The molecule has 7 nitrogen and oxygen atoms in total. The fourth-order valence-corrected chi connectivity index (χ4v) is 4.62. The summed E-state index contributed by atoms with van der Waals surface area (Å²) in [6.07, 6.45) is 1.35. The normalized spacial score (nSPS) is 16.0. The van der Waals surface area contributed by atoms with Crippen molar-refractivity contribution in [3.05, 3.63) is 96.4 Å². The second-order valence-electron chi connectivity index (χ2n) is 8.70. The maximum Gasteiger partial charge on any atom is 0.305 e. The summed E-state index contributed by atoms with van der Waals surface area (Å²) in [4.78, 5) is 25.6. The number of aromatic nitrogens is 2. The molecule has 1 aromatic heterocycles. The topological polar surface area (TPSA) is 87.5 Å². The van der Waals surface area contributed by atoms with Crippen molar-refractivity contribution in [1.29, 1.82) is 0 Å². The number of aliphatic carboxylic acids is 1. The monoisotopic (exact) mass is 484 g/mol. The molecule has 1 aliphatic rings. The minimum atomic E-state index is -1.05. The van der Waals surface area contributed by atoms with E-state index in [0.717, 1.165) is 16.8 Å². The average molecular weight is 485 g/mol. The molecule has 0 radical (unpaired) electrons. The largest absolute Gasteiger partial charge is 0.481 e. The number of nitrogens with one attached hydrogen (secondary N) is 1. The zero-order chi connectivity index (χ0) is 25.1. The molecule has 0 saturated carbocycles. The van der Waals surface area contributed by atoms with Crippen LogP contribution in [0.1, 0.15) is 12.0 Å². The van der Waals surface area contributed by atoms with E-state index in [9.17, 15) is 14.7 Å². The van der Waals surface area contributed by atoms with Crippen molar-refractivity contribution in [2.45, 2.75) is 19.0 Å². The van der Waals surface area contributed by atoms with Crippen molar-refractivity contribution in [3.8, 4) is 28.1 Å². The van der Waals surface area contributed by atoms with Crippen LogP contribution in [0.25, 0.3) is 28.1 Å². The van der Waals surface area contributed by atoms with Crippen molar-refractivity contribution in [2.75, 3.05) is 13.1 Å². The molecule has 0 bridgehead atoms. The van der Waals surface area contributed by atoms with Gasteiger partial charge in [0.25, 0.3) is 0 Å². The number of hydrogen-bond acceptors (Lipinski definition) is 4. The lowest BCUT2D eigenvalue weighted by atomic mass is 10.0. The Labute approximate surface area is 207 Å². The molecule has 182 valence electrons. The van der Waals surface area contributed by atoms with Crippen molar-refractivity contribution < 1.29 is 19.1 Å². The van der Waals surface area contributed by atoms with Gasteiger partial charge in [-0.1, -0.05) is 54.6 Å². The van der Waals surface area contributed by atoms with Crippen LogP contribution in [-0.4, -0.2) is 50.8 Å². The van der Waals surface area contributed by atoms with E-state index in [1.165, 1.54) is 6.07 Å². The highest BCUT2D eigenvalue weighted by molar-refractivity contribution is 5.86. The highest BCUT2D eigenvalue weighted by Crippen LogP contribution is 2.31. The molecular weight excluding hydrogens is 459 g/mol. The number of carbonyl (C=O) groups is 2. The number of carbonyl (C=O) groups excluding carboxylic acids is 1. The molecule has 8 heteroatoms. The average Bonchev–Trinajstić information content (AvgIpc) is 3.30. The SMILES string of the molecule is O=C(O)CC1C(=O)NCCN1Cc1cnn(-c2ccc(-c3ccccc3)cc2)c1-c1ccccc1F. The van der Waals surface area contributed by atoms with Crippen LogP contribution in [0.3, 0.4) is 0 Å². The summed E-state index contributed by atoms with van der Waals surface area (Å²) in [6.45, 7) is 1.16. The van der Waals surface area contributed by atoms with Crippen molar-refractivity contribution in [1.82, 2.24) is 20.0 Å². The number of carboxylic acid groups (broad SMARTS) is 1. The minimum absolute atomic E-state index is 0.261. The van der Waals surface area contributed by atoms with Crippen LogP contribution in [0.15, 0.2) is 85.1 Å². The lowest BCUT2D eigenvalue weighted by molar-refractivity contribution is -0.143. The lowest BCUT2D eigenvalue weighted by Crippen LogP contribution is -2.55. The molecule has 2 N–H and O–H groups in total. The Bertz CT molecular complexity index is 1390. The second kappa shape index (κ2) is 10.1. The number of halogens is 1. The summed E-state index contributed by atoms with van der Waals surface area (Å²) < 4.78 is 16.7. The maximum absolute atomic E-state index is 15.0. The molecule has 2 heterocycles. The van der Waals surface area contributed by atoms with Gasteiger partial charge in [0, 0.05) is 30.8 Å². The summed E-state index contributed by atoms with van der Waals surface area (Å²) in [5, 5.41) is 16.6. The van der Waals surface area contributed by atoms with Gasteiger partial charge >= 0.3 is 5.97 Å². The predicted octanol–water partition coefficient (Wildman–Crippen LogP) is 4.12. The van der Waals surface area contributed by atoms with Crippen LogP contribution < -0.4 is 5.32 Å². The standard InChI is InChI=1S/C28H25FN4O3/c29-24-9-5-4-8-23(24)27-21(18-32-15-14-30-28(36)25(32)16-26(34)35)17-31-33(27)22-12-10-20(11-13-22)19-6-2-1-3-7-19/h1-13,17,25H,14-16,18H2,(H,30,36)(H,34,35). The van der Waals surface area contributed by atoms with Gasteiger partial charge in [0.15, 0.2) is 0 Å². The van der Waals surface area contributed by atoms with Gasteiger partial charge in [-0.3, -0.25) is 14.5 Å². The van der Waals surface area contributed by atoms with Crippen molar-refractivity contribution >= 4 is 11.9 Å². The first-order valence-corrected chi connectivity index (χ1v) is 11.7. The van der Waals surface area contributed by atoms with E-state index in [1.807, 2.05) is 59.5 Å². The number of amides is 1. The molecule has 5 rings (SSSR count). The summed E-state index contributed by atoms with van der Waals surface area (Å²) >= 11 is 0. The van der Waals surface area contributed by atoms with Gasteiger partial charge in [-0.2, -0.15) is 5.10 Å². The molecule has 3 aromatic carbocycles. The Morgan fingerprint density at radius 3 is 2.42 bits per heavy atom. The molecule has 1 fully saturated rings. The van der Waals surface area contributed by atoms with Gasteiger partial charge in [0.05, 0.1) is 24.0 Å². The van der Waals surface area contributed by atoms with Gasteiger partial charge in [-0.15, -0.1) is 0 Å². The van der Waals surface area contributed by atoms with E-state index >= 15 is 4.39 Å². The Balaban J connectivity index is 1.54. The van der Waals surface area contributed by atoms with E-state index in [4.69, 9.17) is 0 Å². The van der Waals surface area contributed by atoms with Crippen LogP contribution in [0.2, 0.25) is 0 Å². The fourth-order valence-electron chi connectivity index (χ4n) is 4.62. The third-order valence-corrected chi connectivity index (χ3v) is 6.38. The van der Waals surface area contributed by atoms with Gasteiger partial charge in [0.2, 0.25) is 5.91 Å². The third-order valence-electron chi connectivity index (χ3n) is 6.38. The lowest BCUT2D eigenvalue weighted by Gasteiger charge is -2.34. The van der Waals surface area contributed by atoms with Crippen LogP contribution in [0, 0.1) is 5.82 Å². The molecule has 4 aromatic rings. The number of hydrogen-bond donors (Lipinski definition) is 2. The van der Waals surface area contributed by atoms with E-state index in [-0.39, 0.29) is 24.7 Å². The number of rotatable bonds is 7. The highest BCUT2D eigenvalue weighted by Gasteiger charge is 2.32. The summed E-state index contributed by atoms with van der Waals surface area (Å²) in [5.74, 6) is -1.76. The second-order valence-corrected chi connectivity index (χ2v) is 8.70. The van der Waals surface area contributed by atoms with E-state index < -0.39 is 12.0 Å². The molecule has 0 spiro atoms. The summed E-state index contributed by atoms with van der Waals surface area (Å²) in [5.41, 5.74) is 4.56. The highest BCUT2D eigenvalue weighted by atomic mass is 19.1. The third kappa shape index (κ3) is 4.76. The van der Waals surface area contributed by atoms with E-state index in [2.05, 4.69) is 10.4 Å². The van der Waals surface area contributed by atoms with E-state index in [0.29, 0.717) is 29.9 Å². The number of carboxylic acids is 1. The van der Waals surface area contributed by atoms with E-state index in [1.54, 1.807) is 29.1 Å². The first-order chi connectivity index (χ1) is 17.5. The van der Waals surface area contributed by atoms with Crippen molar-refractivity contribution in [2.24, 2.45) is 0 Å².